The number of ether oxygens (including phenoxy) is 2. The average molecular weight is 315 g/mol. The maximum Gasteiger partial charge on any atom is 0.323 e. The van der Waals surface area contributed by atoms with Gasteiger partial charge in [0, 0.05) is 30.8 Å². The smallest absolute Gasteiger partial charge is 0.323 e. The van der Waals surface area contributed by atoms with Crippen molar-refractivity contribution in [3.63, 3.8) is 0 Å². The van der Waals surface area contributed by atoms with Gasteiger partial charge in [-0.25, -0.2) is 4.98 Å². The van der Waals surface area contributed by atoms with Crippen molar-refractivity contribution in [2.75, 3.05) is 13.7 Å². The lowest BCUT2D eigenvalue weighted by molar-refractivity contribution is -0.142. The molecule has 1 fully saturated rings. The van der Waals surface area contributed by atoms with Crippen molar-refractivity contribution >= 4 is 21.9 Å². The molecular weight excluding hydrogens is 300 g/mol. The predicted octanol–water partition coefficient (Wildman–Crippen LogP) is 1.43. The SMILES string of the molecule is COC(=O)[C@@H]1C[C@@H](Oc2cc(C)nc(Br)c2)CN1. The zero-order valence-corrected chi connectivity index (χ0v) is 11.9. The molecule has 2 atom stereocenters. The number of halogens is 1. The standard InChI is InChI=1S/C12H15BrN2O3/c1-7-3-8(5-11(13)15-7)18-9-4-10(14-6-9)12(16)17-2/h3,5,9-10,14H,4,6H2,1-2H3/t9-,10+/m1/s1. The summed E-state index contributed by atoms with van der Waals surface area (Å²) in [4.78, 5) is 15.6. The highest BCUT2D eigenvalue weighted by Crippen LogP contribution is 2.21. The molecule has 6 heteroatoms. The van der Waals surface area contributed by atoms with Crippen LogP contribution in [0.15, 0.2) is 16.7 Å². The summed E-state index contributed by atoms with van der Waals surface area (Å²) in [5.41, 5.74) is 0.884. The van der Waals surface area contributed by atoms with Crippen molar-refractivity contribution in [3.05, 3.63) is 22.4 Å². The summed E-state index contributed by atoms with van der Waals surface area (Å²) in [5.74, 6) is 0.514. The Bertz CT molecular complexity index is 433. The van der Waals surface area contributed by atoms with Gasteiger partial charge in [-0.05, 0) is 22.9 Å². The first-order valence-corrected chi connectivity index (χ1v) is 6.50. The molecular formula is C12H15BrN2O3. The van der Waals surface area contributed by atoms with Gasteiger partial charge in [0.2, 0.25) is 0 Å². The van der Waals surface area contributed by atoms with Crippen LogP contribution in [0.25, 0.3) is 0 Å². The van der Waals surface area contributed by atoms with Gasteiger partial charge in [0.25, 0.3) is 0 Å². The molecule has 0 bridgehead atoms. The van der Waals surface area contributed by atoms with Gasteiger partial charge in [0.05, 0.1) is 7.11 Å². The zero-order chi connectivity index (χ0) is 13.1. The van der Waals surface area contributed by atoms with E-state index >= 15 is 0 Å². The van der Waals surface area contributed by atoms with Crippen molar-refractivity contribution in [3.8, 4) is 5.75 Å². The summed E-state index contributed by atoms with van der Waals surface area (Å²) >= 11 is 3.33. The Morgan fingerprint density at radius 1 is 1.56 bits per heavy atom. The van der Waals surface area contributed by atoms with Gasteiger partial charge in [0.15, 0.2) is 0 Å². The van der Waals surface area contributed by atoms with Crippen LogP contribution in [-0.4, -0.2) is 36.8 Å². The number of rotatable bonds is 3. The van der Waals surface area contributed by atoms with Crippen LogP contribution in [0.2, 0.25) is 0 Å². The fraction of sp³-hybridized carbons (Fsp3) is 0.500. The zero-order valence-electron chi connectivity index (χ0n) is 10.3. The molecule has 1 aromatic rings. The summed E-state index contributed by atoms with van der Waals surface area (Å²) in [5, 5.41) is 3.08. The molecule has 98 valence electrons. The van der Waals surface area contributed by atoms with Crippen molar-refractivity contribution < 1.29 is 14.3 Å². The molecule has 0 unspecified atom stereocenters. The minimum Gasteiger partial charge on any atom is -0.489 e. The fourth-order valence-electron chi connectivity index (χ4n) is 1.97. The molecule has 0 aliphatic carbocycles. The summed E-state index contributed by atoms with van der Waals surface area (Å²) in [6.45, 7) is 2.54. The maximum absolute atomic E-state index is 11.4. The number of aryl methyl sites for hydroxylation is 1. The number of carbonyl (C=O) groups is 1. The van der Waals surface area contributed by atoms with Crippen LogP contribution in [0, 0.1) is 6.92 Å². The van der Waals surface area contributed by atoms with Gasteiger partial charge in [-0.1, -0.05) is 0 Å². The molecule has 2 heterocycles. The summed E-state index contributed by atoms with van der Waals surface area (Å²) in [7, 11) is 1.39. The maximum atomic E-state index is 11.4. The van der Waals surface area contributed by atoms with E-state index in [0.29, 0.717) is 13.0 Å². The first-order valence-electron chi connectivity index (χ1n) is 5.70. The molecule has 18 heavy (non-hydrogen) atoms. The molecule has 0 amide bonds. The Labute approximate surface area is 114 Å². The molecule has 0 aromatic carbocycles. The van der Waals surface area contributed by atoms with Gasteiger partial charge >= 0.3 is 5.97 Å². The van der Waals surface area contributed by atoms with Crippen LogP contribution in [-0.2, 0) is 9.53 Å². The second kappa shape index (κ2) is 5.67. The first-order chi connectivity index (χ1) is 8.58. The van der Waals surface area contributed by atoms with Crippen molar-refractivity contribution in [1.82, 2.24) is 10.3 Å². The monoisotopic (exact) mass is 314 g/mol. The summed E-state index contributed by atoms with van der Waals surface area (Å²) < 4.78 is 11.3. The number of hydrogen-bond donors (Lipinski definition) is 1. The molecule has 2 rings (SSSR count). The number of nitrogens with one attached hydrogen (secondary N) is 1. The van der Waals surface area contributed by atoms with E-state index in [2.05, 4.69) is 26.2 Å². The van der Waals surface area contributed by atoms with E-state index in [-0.39, 0.29) is 18.1 Å². The van der Waals surface area contributed by atoms with Crippen LogP contribution in [0.1, 0.15) is 12.1 Å². The molecule has 1 aliphatic heterocycles. The number of esters is 1. The molecule has 1 aromatic heterocycles. The summed E-state index contributed by atoms with van der Waals surface area (Å²) in [6, 6.07) is 3.42. The topological polar surface area (TPSA) is 60.5 Å². The van der Waals surface area contributed by atoms with E-state index in [1.165, 1.54) is 7.11 Å². The third kappa shape index (κ3) is 3.20. The number of hydrogen-bond acceptors (Lipinski definition) is 5. The molecule has 0 spiro atoms. The Morgan fingerprint density at radius 2 is 2.33 bits per heavy atom. The van der Waals surface area contributed by atoms with E-state index in [4.69, 9.17) is 9.47 Å². The quantitative estimate of drug-likeness (QED) is 0.675. The molecule has 0 saturated carbocycles. The molecule has 1 N–H and O–H groups in total. The Morgan fingerprint density at radius 3 is 3.00 bits per heavy atom. The van der Waals surface area contributed by atoms with Crippen molar-refractivity contribution in [2.24, 2.45) is 0 Å². The lowest BCUT2D eigenvalue weighted by Crippen LogP contribution is -2.31. The van der Waals surface area contributed by atoms with Crippen molar-refractivity contribution in [2.45, 2.75) is 25.5 Å². The second-order valence-electron chi connectivity index (χ2n) is 4.23. The normalized spacial score (nSPS) is 22.8. The van der Waals surface area contributed by atoms with E-state index in [1.54, 1.807) is 0 Å². The predicted molar refractivity (Wildman–Crippen MR) is 69.5 cm³/mol. The minimum atomic E-state index is -0.272. The lowest BCUT2D eigenvalue weighted by atomic mass is 10.2. The highest BCUT2D eigenvalue weighted by atomic mass is 79.9. The molecule has 1 aliphatic rings. The number of carbonyl (C=O) groups excluding carboxylic acids is 1. The molecule has 5 nitrogen and oxygen atoms in total. The Kier molecular flexibility index (Phi) is 4.19. The van der Waals surface area contributed by atoms with Crippen LogP contribution >= 0.6 is 15.9 Å². The lowest BCUT2D eigenvalue weighted by Gasteiger charge is -2.13. The number of aromatic nitrogens is 1. The molecule has 0 radical (unpaired) electrons. The number of pyridine rings is 1. The molecule has 1 saturated heterocycles. The van der Waals surface area contributed by atoms with Crippen LogP contribution in [0.3, 0.4) is 0 Å². The van der Waals surface area contributed by atoms with E-state index in [0.717, 1.165) is 16.0 Å². The van der Waals surface area contributed by atoms with Crippen molar-refractivity contribution in [1.29, 1.82) is 0 Å². The summed E-state index contributed by atoms with van der Waals surface area (Å²) in [6.07, 6.45) is 0.592. The van der Waals surface area contributed by atoms with Gasteiger partial charge in [-0.15, -0.1) is 0 Å². The minimum absolute atomic E-state index is 0.0252. The van der Waals surface area contributed by atoms with Gasteiger partial charge < -0.3 is 14.8 Å². The Balaban J connectivity index is 1.97. The van der Waals surface area contributed by atoms with E-state index in [1.807, 2.05) is 19.1 Å². The Hall–Kier alpha value is -1.14. The van der Waals surface area contributed by atoms with E-state index in [9.17, 15) is 4.79 Å². The third-order valence-corrected chi connectivity index (χ3v) is 3.18. The van der Waals surface area contributed by atoms with E-state index < -0.39 is 0 Å². The number of methoxy groups -OCH3 is 1. The van der Waals surface area contributed by atoms with Gasteiger partial charge in [-0.2, -0.15) is 0 Å². The average Bonchev–Trinajstić information content (AvgIpc) is 2.75. The largest absolute Gasteiger partial charge is 0.489 e. The first kappa shape index (κ1) is 13.3. The van der Waals surface area contributed by atoms with Crippen LogP contribution in [0.5, 0.6) is 5.75 Å². The number of nitrogens with zero attached hydrogens (tertiary/aromatic N) is 1. The van der Waals surface area contributed by atoms with Crippen LogP contribution in [0.4, 0.5) is 0 Å². The third-order valence-electron chi connectivity index (χ3n) is 2.77. The fourth-order valence-corrected chi connectivity index (χ4v) is 2.48. The van der Waals surface area contributed by atoms with Gasteiger partial charge in [0.1, 0.15) is 22.5 Å². The second-order valence-corrected chi connectivity index (χ2v) is 5.04. The highest BCUT2D eigenvalue weighted by molar-refractivity contribution is 9.10. The van der Waals surface area contributed by atoms with Gasteiger partial charge in [-0.3, -0.25) is 4.79 Å². The van der Waals surface area contributed by atoms with Crippen LogP contribution < -0.4 is 10.1 Å². The highest BCUT2D eigenvalue weighted by Gasteiger charge is 2.31.